The van der Waals surface area contributed by atoms with Crippen molar-refractivity contribution in [2.75, 3.05) is 0 Å². The maximum Gasteiger partial charge on any atom is 0.164 e. The smallest absolute Gasteiger partial charge is 0.164 e. The van der Waals surface area contributed by atoms with Crippen molar-refractivity contribution in [1.29, 1.82) is 0 Å². The van der Waals surface area contributed by atoms with Gasteiger partial charge in [-0.25, -0.2) is 15.0 Å². The summed E-state index contributed by atoms with van der Waals surface area (Å²) < 4.78 is 0. The average Bonchev–Trinajstić information content (AvgIpc) is 3.33. The van der Waals surface area contributed by atoms with Crippen LogP contribution in [0.1, 0.15) is 56.9 Å². The first-order chi connectivity index (χ1) is 30.0. The first-order valence-electron chi connectivity index (χ1n) is 21.3. The van der Waals surface area contributed by atoms with Crippen LogP contribution in [0, 0.1) is 6.92 Å². The van der Waals surface area contributed by atoms with E-state index in [0.29, 0.717) is 17.5 Å². The molecule has 0 aliphatic carbocycles. The molecule has 4 nitrogen and oxygen atoms in total. The maximum atomic E-state index is 5.17. The number of hydrogen-bond donors (Lipinski definition) is 0. The highest BCUT2D eigenvalue weighted by atomic mass is 15.0. The highest BCUT2D eigenvalue weighted by Gasteiger charge is 2.18. The number of rotatable bonds is 9. The number of nitrogens with zero attached hydrogens (tertiary/aromatic N) is 4. The molecule has 0 aliphatic heterocycles. The third-order valence-electron chi connectivity index (χ3n) is 11.2. The van der Waals surface area contributed by atoms with Gasteiger partial charge in [-0.15, -0.1) is 0 Å². The Labute approximate surface area is 360 Å². The molecule has 9 rings (SSSR count). The van der Waals surface area contributed by atoms with Gasteiger partial charge in [0.25, 0.3) is 0 Å². The Bertz CT molecular complexity index is 3000. The molecule has 0 saturated heterocycles. The van der Waals surface area contributed by atoms with E-state index in [2.05, 4.69) is 166 Å². The second kappa shape index (κ2) is 18.3. The monoisotopic (exact) mass is 790 g/mol. The van der Waals surface area contributed by atoms with Crippen molar-refractivity contribution in [3.05, 3.63) is 192 Å². The van der Waals surface area contributed by atoms with Crippen LogP contribution in [-0.4, -0.2) is 19.9 Å². The fraction of sp³-hybridized carbons (Fsp3) is 0.123. The molecule has 0 spiro atoms. The van der Waals surface area contributed by atoms with Gasteiger partial charge in [0, 0.05) is 34.5 Å². The summed E-state index contributed by atoms with van der Waals surface area (Å²) in [7, 11) is 0. The molecule has 0 unspecified atom stereocenters. The van der Waals surface area contributed by atoms with E-state index < -0.39 is 0 Å². The topological polar surface area (TPSA) is 51.6 Å². The van der Waals surface area contributed by atoms with Crippen molar-refractivity contribution in [3.63, 3.8) is 0 Å². The van der Waals surface area contributed by atoms with E-state index in [0.717, 1.165) is 61.9 Å². The minimum atomic E-state index is 0.619. The number of aromatic nitrogens is 4. The quantitative estimate of drug-likeness (QED) is 0.146. The van der Waals surface area contributed by atoms with Crippen molar-refractivity contribution in [2.45, 2.75) is 48.0 Å². The van der Waals surface area contributed by atoms with Crippen LogP contribution in [-0.2, 0) is 6.42 Å². The Morgan fingerprint density at radius 1 is 0.443 bits per heavy atom. The predicted molar refractivity (Wildman–Crippen MR) is 260 cm³/mol. The zero-order valence-electron chi connectivity index (χ0n) is 35.8. The Hall–Kier alpha value is -7.30. The molecule has 0 fully saturated rings. The van der Waals surface area contributed by atoms with Gasteiger partial charge in [0.05, 0.1) is 0 Å². The summed E-state index contributed by atoms with van der Waals surface area (Å²) in [5.74, 6) is 1.89. The molecule has 4 heteroatoms. The summed E-state index contributed by atoms with van der Waals surface area (Å²) in [6, 6.07) is 51.4. The molecule has 0 atom stereocenters. The van der Waals surface area contributed by atoms with E-state index in [4.69, 9.17) is 15.0 Å². The van der Waals surface area contributed by atoms with Crippen molar-refractivity contribution in [2.24, 2.45) is 0 Å². The number of pyridine rings is 1. The molecule has 2 heterocycles. The van der Waals surface area contributed by atoms with Gasteiger partial charge in [-0.05, 0) is 141 Å². The second-order valence-corrected chi connectivity index (χ2v) is 14.9. The second-order valence-electron chi connectivity index (χ2n) is 14.9. The number of allylic oxidation sites excluding steroid dienone is 2. The molecule has 0 aliphatic rings. The summed E-state index contributed by atoms with van der Waals surface area (Å²) in [6.45, 7) is 12.7. The summed E-state index contributed by atoms with van der Waals surface area (Å²) >= 11 is 0. The van der Waals surface area contributed by atoms with Crippen molar-refractivity contribution in [1.82, 2.24) is 19.9 Å². The van der Waals surface area contributed by atoms with Crippen LogP contribution in [0.5, 0.6) is 0 Å². The number of benzene rings is 7. The summed E-state index contributed by atoms with van der Waals surface area (Å²) in [6.07, 6.45) is 13.5. The summed E-state index contributed by atoms with van der Waals surface area (Å²) in [5.41, 5.74) is 14.7. The predicted octanol–water partition coefficient (Wildman–Crippen LogP) is 15.5. The fourth-order valence-electron chi connectivity index (χ4n) is 8.28. The Morgan fingerprint density at radius 3 is 1.57 bits per heavy atom. The van der Waals surface area contributed by atoms with E-state index in [-0.39, 0.29) is 0 Å². The normalized spacial score (nSPS) is 11.4. The van der Waals surface area contributed by atoms with Crippen LogP contribution in [0.3, 0.4) is 0 Å². The van der Waals surface area contributed by atoms with Crippen LogP contribution >= 0.6 is 0 Å². The minimum absolute atomic E-state index is 0.619. The van der Waals surface area contributed by atoms with Gasteiger partial charge in [0.2, 0.25) is 0 Å². The molecule has 0 radical (unpaired) electrons. The number of hydrogen-bond acceptors (Lipinski definition) is 4. The first kappa shape index (κ1) is 40.5. The summed E-state index contributed by atoms with van der Waals surface area (Å²) in [5, 5.41) is 4.78. The number of fused-ring (bicyclic) bond motifs is 2. The van der Waals surface area contributed by atoms with Gasteiger partial charge in [-0.2, -0.15) is 0 Å². The van der Waals surface area contributed by atoms with E-state index >= 15 is 0 Å². The lowest BCUT2D eigenvalue weighted by Gasteiger charge is -2.18. The lowest BCUT2D eigenvalue weighted by molar-refractivity contribution is 1.07. The van der Waals surface area contributed by atoms with Gasteiger partial charge in [-0.1, -0.05) is 148 Å². The molecular weight excluding hydrogens is 741 g/mol. The van der Waals surface area contributed by atoms with E-state index in [1.807, 2.05) is 62.6 Å². The lowest BCUT2D eigenvalue weighted by atomic mass is 9.86. The van der Waals surface area contributed by atoms with Crippen LogP contribution in [0.4, 0.5) is 0 Å². The molecule has 0 N–H and O–H groups in total. The third kappa shape index (κ3) is 8.31. The van der Waals surface area contributed by atoms with Gasteiger partial charge in [0.15, 0.2) is 17.5 Å². The highest BCUT2D eigenvalue weighted by molar-refractivity contribution is 6.01. The van der Waals surface area contributed by atoms with E-state index in [9.17, 15) is 0 Å². The molecular formula is C57H50N4. The Kier molecular flexibility index (Phi) is 12.2. The highest BCUT2D eigenvalue weighted by Crippen LogP contribution is 2.39. The fourth-order valence-corrected chi connectivity index (χ4v) is 8.28. The van der Waals surface area contributed by atoms with Gasteiger partial charge >= 0.3 is 0 Å². The largest absolute Gasteiger partial charge is 0.264 e. The van der Waals surface area contributed by atoms with Crippen molar-refractivity contribution in [3.8, 4) is 67.5 Å². The molecule has 9 aromatic rings. The zero-order chi connectivity index (χ0) is 42.3. The third-order valence-corrected chi connectivity index (χ3v) is 11.2. The molecule has 7 aromatic carbocycles. The van der Waals surface area contributed by atoms with Gasteiger partial charge in [0.1, 0.15) is 0 Å². The van der Waals surface area contributed by atoms with Crippen LogP contribution in [0.15, 0.2) is 170 Å². The summed E-state index contributed by atoms with van der Waals surface area (Å²) in [4.78, 5) is 19.7. The Morgan fingerprint density at radius 2 is 0.951 bits per heavy atom. The minimum Gasteiger partial charge on any atom is -0.264 e. The zero-order valence-corrected chi connectivity index (χ0v) is 35.8. The van der Waals surface area contributed by atoms with Crippen molar-refractivity contribution >= 4 is 33.7 Å². The molecule has 2 aromatic heterocycles. The molecule has 298 valence electrons. The molecule has 61 heavy (non-hydrogen) atoms. The van der Waals surface area contributed by atoms with E-state index in [1.54, 1.807) is 0 Å². The van der Waals surface area contributed by atoms with Crippen molar-refractivity contribution < 1.29 is 0 Å². The van der Waals surface area contributed by atoms with Crippen LogP contribution in [0.25, 0.3) is 101 Å². The SMILES string of the molecule is C/C=C\c1c(C)c(CC)c(/C=C\C)c2cc(-c3cc(-c4cccc(-c5ccc6ccncc6c5)c4)cc(-c4nc(-c5ccccc5)nc(-c5ccccc5)n4)c3)ccc12.CC. The molecule has 0 bridgehead atoms. The maximum absolute atomic E-state index is 5.17. The first-order valence-corrected chi connectivity index (χ1v) is 21.3. The molecule has 0 saturated carbocycles. The average molecular weight is 791 g/mol. The van der Waals surface area contributed by atoms with Crippen LogP contribution in [0.2, 0.25) is 0 Å². The van der Waals surface area contributed by atoms with Gasteiger partial charge in [-0.3, -0.25) is 4.98 Å². The Balaban J connectivity index is 0.00000253. The molecule has 0 amide bonds. The van der Waals surface area contributed by atoms with Crippen LogP contribution < -0.4 is 0 Å². The standard InChI is InChI=1S/C55H44N4.C2H6/c1-5-15-49-36(4)48(7-3)50(16-6-2)52-34-43(25-26-51(49)52)45-31-44(41-22-14-21-40(29-41)42-24-23-37-27-28-56-35-47(37)30-42)32-46(33-45)55-58-53(38-17-10-8-11-18-38)57-54(59-55)39-19-12-9-13-20-39;1-2/h5-6,8-35H,7H2,1-4H3;1-2H3/b15-5-,16-6-;. The lowest BCUT2D eigenvalue weighted by Crippen LogP contribution is -2.00. The van der Waals surface area contributed by atoms with E-state index in [1.165, 1.54) is 38.4 Å². The van der Waals surface area contributed by atoms with Gasteiger partial charge < -0.3 is 0 Å².